The predicted molar refractivity (Wildman–Crippen MR) is 66.4 cm³/mol. The second-order valence-electron chi connectivity index (χ2n) is 3.44. The lowest BCUT2D eigenvalue weighted by atomic mass is 10.1. The molecule has 0 unspecified atom stereocenters. The van der Waals surface area contributed by atoms with E-state index in [0.717, 1.165) is 18.7 Å². The lowest BCUT2D eigenvalue weighted by Gasteiger charge is -2.04. The lowest BCUT2D eigenvalue weighted by Crippen LogP contribution is -2.05. The summed E-state index contributed by atoms with van der Waals surface area (Å²) in [6, 6.07) is 5.59. The lowest BCUT2D eigenvalue weighted by molar-refractivity contribution is 0.0549. The molecular formula is C12H14ClNO2. The molecule has 1 aliphatic heterocycles. The van der Waals surface area contributed by atoms with Gasteiger partial charge in [-0.25, -0.2) is 4.79 Å². The van der Waals surface area contributed by atoms with Crippen LogP contribution in [0.15, 0.2) is 30.9 Å². The molecule has 1 aromatic rings. The van der Waals surface area contributed by atoms with E-state index < -0.39 is 0 Å². The van der Waals surface area contributed by atoms with Crippen molar-refractivity contribution in [2.24, 2.45) is 0 Å². The van der Waals surface area contributed by atoms with Gasteiger partial charge in [-0.2, -0.15) is 0 Å². The number of nitrogens with one attached hydrogen (secondary N) is 1. The fourth-order valence-corrected chi connectivity index (χ4v) is 1.65. The Morgan fingerprint density at radius 2 is 2.38 bits per heavy atom. The molecule has 0 aromatic heterocycles. The fourth-order valence-electron chi connectivity index (χ4n) is 1.65. The van der Waals surface area contributed by atoms with Crippen LogP contribution in [0.5, 0.6) is 0 Å². The van der Waals surface area contributed by atoms with Crippen LogP contribution in [-0.4, -0.2) is 19.1 Å². The van der Waals surface area contributed by atoms with Crippen molar-refractivity contribution < 1.29 is 9.53 Å². The molecule has 0 radical (unpaired) electrons. The smallest absolute Gasteiger partial charge is 0.338 e. The highest BCUT2D eigenvalue weighted by molar-refractivity contribution is 5.90. The van der Waals surface area contributed by atoms with Gasteiger partial charge < -0.3 is 10.1 Å². The molecule has 0 spiro atoms. The molecule has 0 atom stereocenters. The Bertz CT molecular complexity index is 404. The van der Waals surface area contributed by atoms with Crippen molar-refractivity contribution in [3.05, 3.63) is 42.0 Å². The SMILES string of the molecule is C=CCOC(=O)c1ccc2c(c1)CCN2.Cl. The van der Waals surface area contributed by atoms with Crippen LogP contribution in [0, 0.1) is 0 Å². The molecule has 0 amide bonds. The molecule has 0 saturated carbocycles. The normalized spacial score (nSPS) is 12.0. The zero-order chi connectivity index (χ0) is 10.7. The number of anilines is 1. The number of ether oxygens (including phenoxy) is 1. The van der Waals surface area contributed by atoms with Crippen LogP contribution in [0.2, 0.25) is 0 Å². The maximum absolute atomic E-state index is 11.5. The maximum Gasteiger partial charge on any atom is 0.338 e. The second kappa shape index (κ2) is 5.56. The number of carbonyl (C=O) groups excluding carboxylic acids is 1. The number of fused-ring (bicyclic) bond motifs is 1. The highest BCUT2D eigenvalue weighted by atomic mass is 35.5. The minimum Gasteiger partial charge on any atom is -0.458 e. The maximum atomic E-state index is 11.5. The summed E-state index contributed by atoms with van der Waals surface area (Å²) in [6.07, 6.45) is 2.53. The summed E-state index contributed by atoms with van der Waals surface area (Å²) >= 11 is 0. The van der Waals surface area contributed by atoms with Crippen LogP contribution < -0.4 is 5.32 Å². The van der Waals surface area contributed by atoms with Gasteiger partial charge in [-0.05, 0) is 30.2 Å². The topological polar surface area (TPSA) is 38.3 Å². The van der Waals surface area contributed by atoms with E-state index in [-0.39, 0.29) is 25.0 Å². The molecule has 0 bridgehead atoms. The molecule has 86 valence electrons. The van der Waals surface area contributed by atoms with E-state index in [0.29, 0.717) is 5.56 Å². The Morgan fingerprint density at radius 3 is 3.12 bits per heavy atom. The minimum absolute atomic E-state index is 0. The quantitative estimate of drug-likeness (QED) is 0.650. The van der Waals surface area contributed by atoms with E-state index in [2.05, 4.69) is 11.9 Å². The van der Waals surface area contributed by atoms with Crippen LogP contribution in [0.3, 0.4) is 0 Å². The number of hydrogen-bond acceptors (Lipinski definition) is 3. The Hall–Kier alpha value is -1.48. The zero-order valence-corrected chi connectivity index (χ0v) is 9.68. The summed E-state index contributed by atoms with van der Waals surface area (Å²) in [5, 5.41) is 3.24. The van der Waals surface area contributed by atoms with E-state index in [1.165, 1.54) is 5.56 Å². The molecule has 0 saturated heterocycles. The molecule has 1 N–H and O–H groups in total. The summed E-state index contributed by atoms with van der Waals surface area (Å²) in [4.78, 5) is 11.5. The van der Waals surface area contributed by atoms with Crippen molar-refractivity contribution in [3.8, 4) is 0 Å². The number of hydrogen-bond donors (Lipinski definition) is 1. The van der Waals surface area contributed by atoms with Gasteiger partial charge in [0.2, 0.25) is 0 Å². The highest BCUT2D eigenvalue weighted by Gasteiger charge is 2.13. The summed E-state index contributed by atoms with van der Waals surface area (Å²) in [5.41, 5.74) is 2.91. The average molecular weight is 240 g/mol. The molecule has 1 heterocycles. The first-order valence-electron chi connectivity index (χ1n) is 4.96. The molecule has 3 nitrogen and oxygen atoms in total. The van der Waals surface area contributed by atoms with Crippen molar-refractivity contribution in [3.63, 3.8) is 0 Å². The van der Waals surface area contributed by atoms with E-state index in [9.17, 15) is 4.79 Å². The summed E-state index contributed by atoms with van der Waals surface area (Å²) in [5.74, 6) is -0.287. The van der Waals surface area contributed by atoms with Gasteiger partial charge in [-0.15, -0.1) is 12.4 Å². The zero-order valence-electron chi connectivity index (χ0n) is 8.86. The van der Waals surface area contributed by atoms with E-state index in [4.69, 9.17) is 4.74 Å². The Balaban J connectivity index is 0.00000128. The Morgan fingerprint density at radius 1 is 1.56 bits per heavy atom. The van der Waals surface area contributed by atoms with Crippen molar-refractivity contribution >= 4 is 24.1 Å². The van der Waals surface area contributed by atoms with Gasteiger partial charge in [0.1, 0.15) is 6.61 Å². The monoisotopic (exact) mass is 239 g/mol. The summed E-state index contributed by atoms with van der Waals surface area (Å²) in [6.45, 7) is 4.70. The third-order valence-electron chi connectivity index (χ3n) is 2.38. The van der Waals surface area contributed by atoms with Gasteiger partial charge in [0, 0.05) is 12.2 Å². The van der Waals surface area contributed by atoms with E-state index in [1.54, 1.807) is 12.1 Å². The van der Waals surface area contributed by atoms with Crippen molar-refractivity contribution in [1.29, 1.82) is 0 Å². The number of carbonyl (C=O) groups is 1. The predicted octanol–water partition coefficient (Wildman–Crippen LogP) is 2.42. The fraction of sp³-hybridized carbons (Fsp3) is 0.250. The second-order valence-corrected chi connectivity index (χ2v) is 3.44. The highest BCUT2D eigenvalue weighted by Crippen LogP contribution is 2.23. The van der Waals surface area contributed by atoms with Gasteiger partial charge >= 0.3 is 5.97 Å². The molecule has 16 heavy (non-hydrogen) atoms. The number of rotatable bonds is 3. The van der Waals surface area contributed by atoms with Crippen molar-refractivity contribution in [2.75, 3.05) is 18.5 Å². The number of halogens is 1. The van der Waals surface area contributed by atoms with E-state index >= 15 is 0 Å². The molecule has 0 aliphatic carbocycles. The molecule has 1 aliphatic rings. The van der Waals surface area contributed by atoms with Crippen molar-refractivity contribution in [1.82, 2.24) is 0 Å². The minimum atomic E-state index is -0.287. The first-order chi connectivity index (χ1) is 7.31. The summed E-state index contributed by atoms with van der Waals surface area (Å²) < 4.78 is 4.96. The van der Waals surface area contributed by atoms with Crippen LogP contribution in [0.4, 0.5) is 5.69 Å². The molecule has 4 heteroatoms. The Kier molecular flexibility index (Phi) is 4.38. The van der Waals surface area contributed by atoms with E-state index in [1.807, 2.05) is 12.1 Å². The first-order valence-corrected chi connectivity index (χ1v) is 4.96. The van der Waals surface area contributed by atoms with Gasteiger partial charge in [-0.3, -0.25) is 0 Å². The Labute approximate surface area is 101 Å². The molecular weight excluding hydrogens is 226 g/mol. The van der Waals surface area contributed by atoms with Gasteiger partial charge in [0.25, 0.3) is 0 Å². The average Bonchev–Trinajstić information content (AvgIpc) is 2.72. The van der Waals surface area contributed by atoms with Crippen LogP contribution in [-0.2, 0) is 11.2 Å². The molecule has 2 rings (SSSR count). The summed E-state index contributed by atoms with van der Waals surface area (Å²) in [7, 11) is 0. The van der Waals surface area contributed by atoms with Crippen LogP contribution in [0.25, 0.3) is 0 Å². The largest absolute Gasteiger partial charge is 0.458 e. The standard InChI is InChI=1S/C12H13NO2.ClH/c1-2-7-15-12(14)10-3-4-11-9(8-10)5-6-13-11;/h2-4,8,13H,1,5-7H2;1H. The third-order valence-corrected chi connectivity index (χ3v) is 2.38. The molecule has 1 aromatic carbocycles. The van der Waals surface area contributed by atoms with Gasteiger partial charge in [-0.1, -0.05) is 12.7 Å². The molecule has 0 fully saturated rings. The number of esters is 1. The van der Waals surface area contributed by atoms with Gasteiger partial charge in [0.05, 0.1) is 5.56 Å². The van der Waals surface area contributed by atoms with Crippen molar-refractivity contribution in [2.45, 2.75) is 6.42 Å². The van der Waals surface area contributed by atoms with Crippen LogP contribution in [0.1, 0.15) is 15.9 Å². The first kappa shape index (κ1) is 12.6. The number of benzene rings is 1. The van der Waals surface area contributed by atoms with Crippen LogP contribution >= 0.6 is 12.4 Å². The third kappa shape index (κ3) is 2.55. The van der Waals surface area contributed by atoms with Gasteiger partial charge in [0.15, 0.2) is 0 Å².